The van der Waals surface area contributed by atoms with Gasteiger partial charge < -0.3 is 0 Å². The van der Waals surface area contributed by atoms with Crippen molar-refractivity contribution in [1.29, 1.82) is 0 Å². The number of fused-ring (bicyclic) bond motifs is 1. The van der Waals surface area contributed by atoms with Crippen LogP contribution < -0.4 is 0 Å². The number of hydrogen-bond donors (Lipinski definition) is 0. The Bertz CT molecular complexity index is 440. The largest absolute Gasteiger partial charge is 0.220 e. The molecule has 2 heterocycles. The first-order valence-corrected chi connectivity index (χ1v) is 5.00. The molecule has 0 N–H and O–H groups in total. The first-order valence-electron chi connectivity index (χ1n) is 3.04. The fourth-order valence-electron chi connectivity index (χ4n) is 0.872. The molecular formula is C6H2Br2ClN3. The van der Waals surface area contributed by atoms with E-state index in [0.29, 0.717) is 10.7 Å². The summed E-state index contributed by atoms with van der Waals surface area (Å²) in [5.74, 6) is 0. The highest BCUT2D eigenvalue weighted by atomic mass is 79.9. The molecule has 0 saturated heterocycles. The number of aromatic nitrogens is 3. The van der Waals surface area contributed by atoms with E-state index >= 15 is 0 Å². The Morgan fingerprint density at radius 1 is 1.42 bits per heavy atom. The van der Waals surface area contributed by atoms with Crippen LogP contribution in [0.15, 0.2) is 21.5 Å². The Morgan fingerprint density at radius 3 is 2.92 bits per heavy atom. The van der Waals surface area contributed by atoms with Crippen molar-refractivity contribution in [1.82, 2.24) is 14.6 Å². The van der Waals surface area contributed by atoms with Crippen LogP contribution in [0.1, 0.15) is 0 Å². The number of hydrogen-bond acceptors (Lipinski definition) is 2. The summed E-state index contributed by atoms with van der Waals surface area (Å²) in [6.45, 7) is 0. The summed E-state index contributed by atoms with van der Waals surface area (Å²) in [7, 11) is 0. The van der Waals surface area contributed by atoms with E-state index in [1.807, 2.05) is 0 Å². The maximum atomic E-state index is 5.83. The third-order valence-electron chi connectivity index (χ3n) is 1.35. The van der Waals surface area contributed by atoms with E-state index in [9.17, 15) is 0 Å². The molecule has 12 heavy (non-hydrogen) atoms. The molecule has 62 valence electrons. The van der Waals surface area contributed by atoms with Gasteiger partial charge in [-0.25, -0.2) is 9.50 Å². The van der Waals surface area contributed by atoms with Crippen LogP contribution in [0.4, 0.5) is 0 Å². The quantitative estimate of drug-likeness (QED) is 0.700. The average Bonchev–Trinajstić information content (AvgIpc) is 2.33. The van der Waals surface area contributed by atoms with Crippen molar-refractivity contribution in [2.75, 3.05) is 0 Å². The van der Waals surface area contributed by atoms with Crippen LogP contribution in [-0.2, 0) is 0 Å². The van der Waals surface area contributed by atoms with Crippen LogP contribution in [-0.4, -0.2) is 14.6 Å². The molecule has 0 aliphatic rings. The average molecular weight is 311 g/mol. The van der Waals surface area contributed by atoms with E-state index in [2.05, 4.69) is 41.9 Å². The molecular weight excluding hydrogens is 309 g/mol. The Morgan fingerprint density at radius 2 is 2.17 bits per heavy atom. The molecule has 3 nitrogen and oxygen atoms in total. The van der Waals surface area contributed by atoms with Crippen molar-refractivity contribution in [3.05, 3.63) is 26.5 Å². The highest BCUT2D eigenvalue weighted by Crippen LogP contribution is 2.21. The SMILES string of the molecule is Clc1cnn2c(Br)cc(Br)nc12. The minimum atomic E-state index is 0.539. The number of nitrogens with zero attached hydrogens (tertiary/aromatic N) is 3. The van der Waals surface area contributed by atoms with Crippen molar-refractivity contribution < 1.29 is 0 Å². The van der Waals surface area contributed by atoms with Gasteiger partial charge in [-0.1, -0.05) is 11.6 Å². The zero-order valence-corrected chi connectivity index (χ0v) is 9.56. The fourth-order valence-corrected chi connectivity index (χ4v) is 2.21. The van der Waals surface area contributed by atoms with Gasteiger partial charge in [0.05, 0.1) is 6.20 Å². The summed E-state index contributed by atoms with van der Waals surface area (Å²) in [4.78, 5) is 4.15. The van der Waals surface area contributed by atoms with Crippen molar-refractivity contribution in [3.63, 3.8) is 0 Å². The molecule has 2 aromatic heterocycles. The van der Waals surface area contributed by atoms with Crippen molar-refractivity contribution >= 4 is 49.1 Å². The summed E-state index contributed by atoms with van der Waals surface area (Å²) in [5, 5.41) is 4.55. The fraction of sp³-hybridized carbons (Fsp3) is 0. The highest BCUT2D eigenvalue weighted by Gasteiger charge is 2.06. The van der Waals surface area contributed by atoms with Gasteiger partial charge in [-0.05, 0) is 31.9 Å². The molecule has 0 amide bonds. The molecule has 0 aliphatic heterocycles. The van der Waals surface area contributed by atoms with Crippen LogP contribution in [0.25, 0.3) is 5.65 Å². The van der Waals surface area contributed by atoms with Gasteiger partial charge in [0.25, 0.3) is 0 Å². The van der Waals surface area contributed by atoms with Gasteiger partial charge in [-0.3, -0.25) is 0 Å². The Kier molecular flexibility index (Phi) is 2.10. The van der Waals surface area contributed by atoms with Gasteiger partial charge in [0.2, 0.25) is 0 Å². The normalized spacial score (nSPS) is 10.9. The van der Waals surface area contributed by atoms with Crippen LogP contribution in [0.3, 0.4) is 0 Å². The molecule has 0 saturated carbocycles. The topological polar surface area (TPSA) is 30.2 Å². The molecule has 0 aromatic carbocycles. The molecule has 0 atom stereocenters. The van der Waals surface area contributed by atoms with Crippen LogP contribution >= 0.6 is 43.5 Å². The molecule has 0 spiro atoms. The third-order valence-corrected chi connectivity index (χ3v) is 2.59. The first-order chi connectivity index (χ1) is 5.68. The monoisotopic (exact) mass is 309 g/mol. The second-order valence-electron chi connectivity index (χ2n) is 2.13. The zero-order chi connectivity index (χ0) is 8.72. The van der Waals surface area contributed by atoms with Gasteiger partial charge >= 0.3 is 0 Å². The molecule has 2 rings (SSSR count). The summed E-state index contributed by atoms with van der Waals surface area (Å²) in [5.41, 5.74) is 0.637. The minimum absolute atomic E-state index is 0.539. The molecule has 6 heteroatoms. The van der Waals surface area contributed by atoms with Crippen molar-refractivity contribution in [3.8, 4) is 0 Å². The zero-order valence-electron chi connectivity index (χ0n) is 5.63. The predicted molar refractivity (Wildman–Crippen MR) is 53.4 cm³/mol. The summed E-state index contributed by atoms with van der Waals surface area (Å²) >= 11 is 12.4. The van der Waals surface area contributed by atoms with E-state index in [-0.39, 0.29) is 0 Å². The van der Waals surface area contributed by atoms with E-state index in [1.165, 1.54) is 0 Å². The Labute approximate surface area is 90.0 Å². The van der Waals surface area contributed by atoms with Gasteiger partial charge in [0.1, 0.15) is 14.2 Å². The maximum Gasteiger partial charge on any atom is 0.176 e. The van der Waals surface area contributed by atoms with E-state index in [1.54, 1.807) is 16.8 Å². The maximum absolute atomic E-state index is 5.83. The third kappa shape index (κ3) is 1.26. The van der Waals surface area contributed by atoms with E-state index in [0.717, 1.165) is 9.21 Å². The highest BCUT2D eigenvalue weighted by molar-refractivity contribution is 9.11. The number of halogens is 3. The minimum Gasteiger partial charge on any atom is -0.220 e. The molecule has 0 radical (unpaired) electrons. The molecule has 0 unspecified atom stereocenters. The lowest BCUT2D eigenvalue weighted by Crippen LogP contribution is -1.92. The predicted octanol–water partition coefficient (Wildman–Crippen LogP) is 2.91. The smallest absolute Gasteiger partial charge is 0.176 e. The van der Waals surface area contributed by atoms with Crippen LogP contribution in [0.5, 0.6) is 0 Å². The van der Waals surface area contributed by atoms with Crippen LogP contribution in [0, 0.1) is 0 Å². The summed E-state index contributed by atoms with van der Waals surface area (Å²) in [6.07, 6.45) is 1.56. The van der Waals surface area contributed by atoms with Crippen molar-refractivity contribution in [2.24, 2.45) is 0 Å². The van der Waals surface area contributed by atoms with Gasteiger partial charge in [-0.2, -0.15) is 5.10 Å². The number of rotatable bonds is 0. The summed E-state index contributed by atoms with van der Waals surface area (Å²) in [6, 6.07) is 1.80. The van der Waals surface area contributed by atoms with Gasteiger partial charge in [0, 0.05) is 6.07 Å². The lowest BCUT2D eigenvalue weighted by molar-refractivity contribution is 0.909. The molecule has 0 fully saturated rings. The Hall–Kier alpha value is -0.130. The van der Waals surface area contributed by atoms with E-state index < -0.39 is 0 Å². The molecule has 2 aromatic rings. The summed E-state index contributed by atoms with van der Waals surface area (Å²) < 4.78 is 3.16. The van der Waals surface area contributed by atoms with E-state index in [4.69, 9.17) is 11.6 Å². The lowest BCUT2D eigenvalue weighted by atomic mass is 10.6. The lowest BCUT2D eigenvalue weighted by Gasteiger charge is -1.96. The van der Waals surface area contributed by atoms with Gasteiger partial charge in [-0.15, -0.1) is 0 Å². The van der Waals surface area contributed by atoms with Crippen LogP contribution in [0.2, 0.25) is 5.02 Å². The second kappa shape index (κ2) is 2.97. The van der Waals surface area contributed by atoms with Gasteiger partial charge in [0.15, 0.2) is 5.65 Å². The molecule has 0 bridgehead atoms. The second-order valence-corrected chi connectivity index (χ2v) is 4.16. The van der Waals surface area contributed by atoms with Crippen molar-refractivity contribution in [2.45, 2.75) is 0 Å². The first kappa shape index (κ1) is 8.47. The Balaban J connectivity index is 2.92. The standard InChI is InChI=1S/C6H2Br2ClN3/c7-4-1-5(8)12-6(11-4)3(9)2-10-12/h1-2H. The molecule has 0 aliphatic carbocycles.